The van der Waals surface area contributed by atoms with Crippen LogP contribution in [0.1, 0.15) is 43.3 Å². The van der Waals surface area contributed by atoms with Crippen LogP contribution in [0.25, 0.3) is 0 Å². The highest BCUT2D eigenvalue weighted by Gasteiger charge is 2.28. The van der Waals surface area contributed by atoms with E-state index < -0.39 is 17.6 Å². The van der Waals surface area contributed by atoms with Crippen LogP contribution in [0.2, 0.25) is 0 Å². The van der Waals surface area contributed by atoms with Crippen LogP contribution >= 0.6 is 27.3 Å². The summed E-state index contributed by atoms with van der Waals surface area (Å²) in [7, 11) is 1.29. The molecule has 150 valence electrons. The summed E-state index contributed by atoms with van der Waals surface area (Å²) in [6.07, 6.45) is 0.921. The van der Waals surface area contributed by atoms with Crippen LogP contribution in [0.4, 0.5) is 15.3 Å². The van der Waals surface area contributed by atoms with Gasteiger partial charge < -0.3 is 25.0 Å². The van der Waals surface area contributed by atoms with Gasteiger partial charge in [-0.05, 0) is 55.6 Å². The first-order valence-corrected chi connectivity index (χ1v) is 10.1. The Morgan fingerprint density at radius 1 is 1.26 bits per heavy atom. The Kier molecular flexibility index (Phi) is 7.10. The van der Waals surface area contributed by atoms with Gasteiger partial charge in [0.1, 0.15) is 10.5 Å². The highest BCUT2D eigenvalue weighted by molar-refractivity contribution is 9.11. The lowest BCUT2D eigenvalue weighted by Gasteiger charge is -2.33. The number of nitrogens with one attached hydrogen (secondary N) is 2. The summed E-state index contributed by atoms with van der Waals surface area (Å²) in [5, 5.41) is 5.56. The third kappa shape index (κ3) is 6.39. The van der Waals surface area contributed by atoms with Gasteiger partial charge in [-0.25, -0.2) is 14.4 Å². The van der Waals surface area contributed by atoms with Gasteiger partial charge in [0.25, 0.3) is 0 Å². The normalized spacial score (nSPS) is 15.2. The molecular weight excluding hydrogens is 438 g/mol. The SMILES string of the molecule is COC(=O)c1sc(Br)cc1NC(=O)NC1CCN(C(=O)OC(C)(C)C)CC1. The first kappa shape index (κ1) is 21.5. The summed E-state index contributed by atoms with van der Waals surface area (Å²) in [6, 6.07) is 1.19. The van der Waals surface area contributed by atoms with Crippen LogP contribution in [0.3, 0.4) is 0 Å². The largest absolute Gasteiger partial charge is 0.465 e. The maximum atomic E-state index is 12.3. The van der Waals surface area contributed by atoms with Crippen LogP contribution in [0.5, 0.6) is 0 Å². The number of urea groups is 1. The van der Waals surface area contributed by atoms with Crippen molar-refractivity contribution in [1.82, 2.24) is 10.2 Å². The van der Waals surface area contributed by atoms with E-state index in [-0.39, 0.29) is 12.1 Å². The monoisotopic (exact) mass is 461 g/mol. The molecule has 0 radical (unpaired) electrons. The van der Waals surface area contributed by atoms with E-state index in [1.165, 1.54) is 18.4 Å². The van der Waals surface area contributed by atoms with Crippen LogP contribution in [-0.2, 0) is 9.47 Å². The number of amides is 3. The lowest BCUT2D eigenvalue weighted by molar-refractivity contribution is 0.0201. The molecule has 1 aromatic rings. The first-order valence-electron chi connectivity index (χ1n) is 8.52. The van der Waals surface area contributed by atoms with E-state index >= 15 is 0 Å². The maximum Gasteiger partial charge on any atom is 0.410 e. The van der Waals surface area contributed by atoms with Crippen molar-refractivity contribution in [3.05, 3.63) is 14.7 Å². The number of hydrogen-bond donors (Lipinski definition) is 2. The highest BCUT2D eigenvalue weighted by atomic mass is 79.9. The minimum Gasteiger partial charge on any atom is -0.465 e. The Hall–Kier alpha value is -1.81. The predicted octanol–water partition coefficient (Wildman–Crippen LogP) is 3.82. The zero-order valence-corrected chi connectivity index (χ0v) is 18.2. The van der Waals surface area contributed by atoms with Crippen molar-refractivity contribution in [2.45, 2.75) is 45.3 Å². The number of piperidine rings is 1. The van der Waals surface area contributed by atoms with Gasteiger partial charge >= 0.3 is 18.1 Å². The summed E-state index contributed by atoms with van der Waals surface area (Å²) >= 11 is 4.48. The predicted molar refractivity (Wildman–Crippen MR) is 106 cm³/mol. The number of rotatable bonds is 3. The van der Waals surface area contributed by atoms with E-state index in [1.54, 1.807) is 11.0 Å². The second kappa shape index (κ2) is 8.92. The summed E-state index contributed by atoms with van der Waals surface area (Å²) in [4.78, 5) is 38.1. The number of thiophene rings is 1. The van der Waals surface area contributed by atoms with Crippen LogP contribution in [0, 0.1) is 0 Å². The fourth-order valence-corrected chi connectivity index (χ4v) is 4.05. The molecule has 2 N–H and O–H groups in total. The van der Waals surface area contributed by atoms with E-state index in [2.05, 4.69) is 26.6 Å². The molecule has 0 aliphatic carbocycles. The lowest BCUT2D eigenvalue weighted by atomic mass is 10.1. The molecule has 1 aliphatic rings. The smallest absolute Gasteiger partial charge is 0.410 e. The Morgan fingerprint density at radius 2 is 1.89 bits per heavy atom. The molecule has 0 saturated carbocycles. The van der Waals surface area contributed by atoms with E-state index in [0.717, 1.165) is 0 Å². The number of carbonyl (C=O) groups is 3. The summed E-state index contributed by atoms with van der Waals surface area (Å²) in [5.41, 5.74) is -0.138. The van der Waals surface area contributed by atoms with Gasteiger partial charge in [-0.1, -0.05) is 0 Å². The van der Waals surface area contributed by atoms with Crippen molar-refractivity contribution in [3.8, 4) is 0 Å². The quantitative estimate of drug-likeness (QED) is 0.666. The molecule has 1 aromatic heterocycles. The number of ether oxygens (including phenoxy) is 2. The topological polar surface area (TPSA) is 97.0 Å². The van der Waals surface area contributed by atoms with Gasteiger partial charge in [0.15, 0.2) is 0 Å². The number of carbonyl (C=O) groups excluding carboxylic acids is 3. The number of methoxy groups -OCH3 is 1. The Morgan fingerprint density at radius 3 is 2.44 bits per heavy atom. The van der Waals surface area contributed by atoms with Gasteiger partial charge in [-0.15, -0.1) is 11.3 Å². The number of anilines is 1. The summed E-state index contributed by atoms with van der Waals surface area (Å²) < 4.78 is 10.8. The highest BCUT2D eigenvalue weighted by Crippen LogP contribution is 2.31. The number of halogens is 1. The molecule has 0 atom stereocenters. The zero-order chi connectivity index (χ0) is 20.2. The van der Waals surface area contributed by atoms with Gasteiger partial charge in [-0.3, -0.25) is 0 Å². The third-order valence-corrected chi connectivity index (χ3v) is 5.42. The van der Waals surface area contributed by atoms with E-state index in [0.29, 0.717) is 40.3 Å². The zero-order valence-electron chi connectivity index (χ0n) is 15.8. The van der Waals surface area contributed by atoms with Crippen molar-refractivity contribution < 1.29 is 23.9 Å². The van der Waals surface area contributed by atoms with E-state index in [1.807, 2.05) is 20.8 Å². The van der Waals surface area contributed by atoms with Gasteiger partial charge in [0.05, 0.1) is 16.6 Å². The van der Waals surface area contributed by atoms with Crippen molar-refractivity contribution in [3.63, 3.8) is 0 Å². The minimum atomic E-state index is -0.530. The molecule has 1 saturated heterocycles. The van der Waals surface area contributed by atoms with E-state index in [4.69, 9.17) is 9.47 Å². The average Bonchev–Trinajstić information content (AvgIpc) is 2.93. The maximum absolute atomic E-state index is 12.3. The molecule has 27 heavy (non-hydrogen) atoms. The fraction of sp³-hybridized carbons (Fsp3) is 0.588. The second-order valence-corrected chi connectivity index (χ2v) is 9.56. The van der Waals surface area contributed by atoms with Gasteiger partial charge in [0, 0.05) is 19.1 Å². The molecule has 0 spiro atoms. The van der Waals surface area contributed by atoms with Crippen molar-refractivity contribution in [1.29, 1.82) is 0 Å². The lowest BCUT2D eigenvalue weighted by Crippen LogP contribution is -2.48. The Balaban J connectivity index is 1.85. The number of esters is 1. The molecule has 2 rings (SSSR count). The first-order chi connectivity index (χ1) is 12.6. The molecule has 3 amide bonds. The van der Waals surface area contributed by atoms with Crippen LogP contribution in [0.15, 0.2) is 9.85 Å². The molecule has 0 unspecified atom stereocenters. The van der Waals surface area contributed by atoms with Crippen molar-refractivity contribution in [2.24, 2.45) is 0 Å². The molecule has 1 aliphatic heterocycles. The number of hydrogen-bond acceptors (Lipinski definition) is 6. The van der Waals surface area contributed by atoms with Crippen LogP contribution < -0.4 is 10.6 Å². The number of likely N-dealkylation sites (tertiary alicyclic amines) is 1. The second-order valence-electron chi connectivity index (χ2n) is 7.13. The fourth-order valence-electron chi connectivity index (χ4n) is 2.57. The van der Waals surface area contributed by atoms with Crippen molar-refractivity contribution >= 4 is 51.0 Å². The Labute approximate surface area is 170 Å². The van der Waals surface area contributed by atoms with Gasteiger partial charge in [-0.2, -0.15) is 0 Å². The molecular formula is C17H24BrN3O5S. The standard InChI is InChI=1S/C17H24BrN3O5S/c1-17(2,3)26-16(24)21-7-5-10(6-8-21)19-15(23)20-11-9-12(18)27-13(11)14(22)25-4/h9-10H,5-8H2,1-4H3,(H2,19,20,23). The molecule has 1 fully saturated rings. The van der Waals surface area contributed by atoms with Crippen LogP contribution in [-0.4, -0.2) is 54.8 Å². The molecule has 10 heteroatoms. The van der Waals surface area contributed by atoms with E-state index in [9.17, 15) is 14.4 Å². The van der Waals surface area contributed by atoms with Gasteiger partial charge in [0.2, 0.25) is 0 Å². The molecule has 8 nitrogen and oxygen atoms in total. The Bertz CT molecular complexity index is 708. The number of nitrogens with zero attached hydrogens (tertiary/aromatic N) is 1. The average molecular weight is 462 g/mol. The minimum absolute atomic E-state index is 0.0626. The molecule has 2 heterocycles. The molecule has 0 aromatic carbocycles. The summed E-state index contributed by atoms with van der Waals surface area (Å²) in [5.74, 6) is -0.508. The third-order valence-electron chi connectivity index (χ3n) is 3.80. The molecule has 0 bridgehead atoms. The van der Waals surface area contributed by atoms with Crippen molar-refractivity contribution in [2.75, 3.05) is 25.5 Å². The summed E-state index contributed by atoms with van der Waals surface area (Å²) in [6.45, 7) is 6.51.